The number of fused-ring (bicyclic) bond motifs is 2. The van der Waals surface area contributed by atoms with Gasteiger partial charge in [-0.15, -0.1) is 0 Å². The molecule has 0 radical (unpaired) electrons. The maximum absolute atomic E-state index is 12.4. The van der Waals surface area contributed by atoms with Gasteiger partial charge in [0.05, 0.1) is 6.54 Å². The van der Waals surface area contributed by atoms with Gasteiger partial charge in [0.2, 0.25) is 6.10 Å². The predicted octanol–water partition coefficient (Wildman–Crippen LogP) is 2.60. The van der Waals surface area contributed by atoms with E-state index in [0.29, 0.717) is 22.8 Å². The van der Waals surface area contributed by atoms with Gasteiger partial charge in [-0.1, -0.05) is 30.3 Å². The molecule has 0 fully saturated rings. The number of aliphatic hydroxyl groups is 1. The van der Waals surface area contributed by atoms with Crippen molar-refractivity contribution < 1.29 is 23.8 Å². The molecular weight excluding hydrogens is 334 g/mol. The van der Waals surface area contributed by atoms with Crippen LogP contribution in [0.1, 0.15) is 12.7 Å². The van der Waals surface area contributed by atoms with Gasteiger partial charge >= 0.3 is 0 Å². The summed E-state index contributed by atoms with van der Waals surface area (Å²) in [5.41, 5.74) is -0.656. The van der Waals surface area contributed by atoms with Crippen molar-refractivity contribution in [3.05, 3.63) is 60.4 Å². The van der Waals surface area contributed by atoms with Crippen molar-refractivity contribution in [2.45, 2.75) is 18.6 Å². The maximum Gasteiger partial charge on any atom is 0.264 e. The van der Waals surface area contributed by atoms with Crippen molar-refractivity contribution in [1.82, 2.24) is 5.32 Å². The summed E-state index contributed by atoms with van der Waals surface area (Å²) in [6.45, 7) is 1.71. The Morgan fingerprint density at radius 1 is 1.19 bits per heavy atom. The van der Waals surface area contributed by atoms with Crippen LogP contribution in [0.15, 0.2) is 59.0 Å². The van der Waals surface area contributed by atoms with Crippen molar-refractivity contribution in [3.63, 3.8) is 0 Å². The van der Waals surface area contributed by atoms with Gasteiger partial charge in [-0.2, -0.15) is 0 Å². The van der Waals surface area contributed by atoms with E-state index < -0.39 is 11.7 Å². The Hall–Kier alpha value is -2.99. The van der Waals surface area contributed by atoms with Crippen LogP contribution in [0.2, 0.25) is 0 Å². The predicted molar refractivity (Wildman–Crippen MR) is 95.1 cm³/mol. The fraction of sp³-hybridized carbons (Fsp3) is 0.250. The summed E-state index contributed by atoms with van der Waals surface area (Å²) in [5, 5.41) is 14.3. The number of amides is 1. The number of nitrogens with one attached hydrogen (secondary N) is 1. The Bertz CT molecular complexity index is 913. The van der Waals surface area contributed by atoms with E-state index in [2.05, 4.69) is 5.32 Å². The molecule has 1 aromatic heterocycles. The molecule has 2 aromatic carbocycles. The van der Waals surface area contributed by atoms with Crippen LogP contribution in [0.5, 0.6) is 11.5 Å². The van der Waals surface area contributed by atoms with Gasteiger partial charge in [-0.05, 0) is 31.2 Å². The Morgan fingerprint density at radius 3 is 2.73 bits per heavy atom. The van der Waals surface area contributed by atoms with Crippen LogP contribution < -0.4 is 14.8 Å². The highest BCUT2D eigenvalue weighted by molar-refractivity contribution is 5.82. The molecule has 6 nitrogen and oxygen atoms in total. The van der Waals surface area contributed by atoms with E-state index in [0.717, 1.165) is 5.39 Å². The molecule has 1 aliphatic heterocycles. The zero-order chi connectivity index (χ0) is 18.1. The largest absolute Gasteiger partial charge is 0.485 e. The van der Waals surface area contributed by atoms with E-state index in [1.165, 1.54) is 0 Å². The highest BCUT2D eigenvalue weighted by atomic mass is 16.6. The van der Waals surface area contributed by atoms with Crippen LogP contribution >= 0.6 is 0 Å². The van der Waals surface area contributed by atoms with Crippen molar-refractivity contribution >= 4 is 16.9 Å². The number of furan rings is 1. The third kappa shape index (κ3) is 3.11. The Kier molecular flexibility index (Phi) is 4.05. The Balaban J connectivity index is 1.42. The number of ether oxygens (including phenoxy) is 2. The van der Waals surface area contributed by atoms with Crippen LogP contribution in [0.4, 0.5) is 0 Å². The van der Waals surface area contributed by atoms with Gasteiger partial charge in [-0.25, -0.2) is 0 Å². The highest BCUT2D eigenvalue weighted by Crippen LogP contribution is 2.31. The molecule has 0 aliphatic carbocycles. The molecule has 0 saturated carbocycles. The molecule has 6 heteroatoms. The average Bonchev–Trinajstić information content (AvgIpc) is 3.11. The second kappa shape index (κ2) is 6.38. The smallest absolute Gasteiger partial charge is 0.264 e. The van der Waals surface area contributed by atoms with Crippen LogP contribution in [0, 0.1) is 0 Å². The van der Waals surface area contributed by atoms with E-state index in [1.54, 1.807) is 25.1 Å². The van der Waals surface area contributed by atoms with Crippen LogP contribution in [-0.2, 0) is 10.4 Å². The molecule has 1 aliphatic rings. The van der Waals surface area contributed by atoms with Gasteiger partial charge in [0.1, 0.15) is 23.6 Å². The van der Waals surface area contributed by atoms with E-state index in [9.17, 15) is 9.90 Å². The minimum Gasteiger partial charge on any atom is -0.485 e. The number of carbonyl (C=O) groups excluding carboxylic acids is 1. The second-order valence-electron chi connectivity index (χ2n) is 6.50. The molecule has 4 rings (SSSR count). The highest BCUT2D eigenvalue weighted by Gasteiger charge is 2.32. The number of rotatable bonds is 4. The lowest BCUT2D eigenvalue weighted by Gasteiger charge is -2.27. The van der Waals surface area contributed by atoms with E-state index in [-0.39, 0.29) is 19.1 Å². The molecule has 2 N–H and O–H groups in total. The van der Waals surface area contributed by atoms with Gasteiger partial charge in [0, 0.05) is 5.39 Å². The zero-order valence-corrected chi connectivity index (χ0v) is 14.3. The first kappa shape index (κ1) is 16.5. The van der Waals surface area contributed by atoms with Gasteiger partial charge < -0.3 is 24.3 Å². The van der Waals surface area contributed by atoms with Gasteiger partial charge in [0.25, 0.3) is 5.91 Å². The summed E-state index contributed by atoms with van der Waals surface area (Å²) in [4.78, 5) is 12.4. The van der Waals surface area contributed by atoms with Gasteiger partial charge in [0.15, 0.2) is 11.5 Å². The molecule has 134 valence electrons. The van der Waals surface area contributed by atoms with Crippen molar-refractivity contribution in [3.8, 4) is 11.5 Å². The zero-order valence-electron chi connectivity index (χ0n) is 14.3. The lowest BCUT2D eigenvalue weighted by molar-refractivity contribution is -0.131. The van der Waals surface area contributed by atoms with Crippen LogP contribution in [-0.4, -0.2) is 30.3 Å². The summed E-state index contributed by atoms with van der Waals surface area (Å²) >= 11 is 0. The third-order valence-corrected chi connectivity index (χ3v) is 4.36. The van der Waals surface area contributed by atoms with E-state index in [4.69, 9.17) is 13.9 Å². The van der Waals surface area contributed by atoms with Crippen molar-refractivity contribution in [2.75, 3.05) is 13.2 Å². The molecule has 2 atom stereocenters. The Labute approximate surface area is 150 Å². The molecule has 0 unspecified atom stereocenters. The lowest BCUT2D eigenvalue weighted by Crippen LogP contribution is -2.47. The molecule has 0 saturated heterocycles. The summed E-state index contributed by atoms with van der Waals surface area (Å²) in [6.07, 6.45) is -0.767. The van der Waals surface area contributed by atoms with Crippen LogP contribution in [0.25, 0.3) is 11.0 Å². The first-order valence-electron chi connectivity index (χ1n) is 8.40. The van der Waals surface area contributed by atoms with Crippen LogP contribution in [0.3, 0.4) is 0 Å². The quantitative estimate of drug-likeness (QED) is 0.754. The maximum atomic E-state index is 12.4. The molecule has 2 heterocycles. The molecule has 26 heavy (non-hydrogen) atoms. The third-order valence-electron chi connectivity index (χ3n) is 4.36. The number of hydrogen-bond donors (Lipinski definition) is 2. The first-order chi connectivity index (χ1) is 12.5. The fourth-order valence-corrected chi connectivity index (χ4v) is 2.86. The second-order valence-corrected chi connectivity index (χ2v) is 6.50. The standard InChI is InChI=1S/C20H19NO5/c1-20(23,18-10-13-6-2-3-7-14(13)26-18)12-21-19(22)17-11-24-15-8-4-5-9-16(15)25-17/h2-10,17,23H,11-12H2,1H3,(H,21,22)/t17-,20+/m1/s1. The summed E-state index contributed by atoms with van der Waals surface area (Å²) in [7, 11) is 0. The topological polar surface area (TPSA) is 80.9 Å². The van der Waals surface area contributed by atoms with Crippen molar-refractivity contribution in [1.29, 1.82) is 0 Å². The number of hydrogen-bond acceptors (Lipinski definition) is 5. The van der Waals surface area contributed by atoms with Crippen molar-refractivity contribution in [2.24, 2.45) is 0 Å². The monoisotopic (exact) mass is 353 g/mol. The average molecular weight is 353 g/mol. The minimum absolute atomic E-state index is 0.00678. The normalized spacial score (nSPS) is 18.3. The summed E-state index contributed by atoms with van der Waals surface area (Å²) < 4.78 is 16.9. The SMILES string of the molecule is C[C@](O)(CNC(=O)[C@H]1COc2ccccc2O1)c1cc2ccccc2o1. The Morgan fingerprint density at radius 2 is 1.92 bits per heavy atom. The fourth-order valence-electron chi connectivity index (χ4n) is 2.86. The number of carbonyl (C=O) groups is 1. The number of benzene rings is 2. The first-order valence-corrected chi connectivity index (χ1v) is 8.40. The molecule has 1 amide bonds. The lowest BCUT2D eigenvalue weighted by atomic mass is 10.0. The molecule has 0 spiro atoms. The number of para-hydroxylation sites is 3. The molecule has 0 bridgehead atoms. The van der Waals surface area contributed by atoms with E-state index in [1.807, 2.05) is 36.4 Å². The molecule has 3 aromatic rings. The minimum atomic E-state index is -1.35. The summed E-state index contributed by atoms with van der Waals surface area (Å²) in [5.74, 6) is 1.19. The molecular formula is C20H19NO5. The van der Waals surface area contributed by atoms with Gasteiger partial charge in [-0.3, -0.25) is 4.79 Å². The van der Waals surface area contributed by atoms with E-state index >= 15 is 0 Å². The summed E-state index contributed by atoms with van der Waals surface area (Å²) in [6, 6.07) is 16.5.